The first kappa shape index (κ1) is 16.7. The topological polar surface area (TPSA) is 46.5 Å². The van der Waals surface area contributed by atoms with E-state index in [-0.39, 0.29) is 22.2 Å². The van der Waals surface area contributed by atoms with Crippen LogP contribution in [0.3, 0.4) is 0 Å². The zero-order valence-electron chi connectivity index (χ0n) is 11.3. The van der Waals surface area contributed by atoms with E-state index in [1.807, 2.05) is 0 Å². The van der Waals surface area contributed by atoms with Gasteiger partial charge in [-0.3, -0.25) is 0 Å². The molecule has 0 spiro atoms. The van der Waals surface area contributed by atoms with Gasteiger partial charge in [0.25, 0.3) is 0 Å². The summed E-state index contributed by atoms with van der Waals surface area (Å²) in [6.45, 7) is 3.78. The number of ether oxygens (including phenoxy) is 1. The highest BCUT2D eigenvalue weighted by Gasteiger charge is 2.11. The summed E-state index contributed by atoms with van der Waals surface area (Å²) in [6.07, 6.45) is 1.57. The van der Waals surface area contributed by atoms with Gasteiger partial charge in [-0.1, -0.05) is 47.5 Å². The Bertz CT molecular complexity index is 742. The Balaban J connectivity index is 2.25. The van der Waals surface area contributed by atoms with E-state index in [0.717, 1.165) is 0 Å². The molecule has 0 aliphatic rings. The maximum absolute atomic E-state index is 11.1. The minimum atomic E-state index is -1.02. The molecule has 0 heterocycles. The minimum absolute atomic E-state index is 0.139. The molecule has 0 unspecified atom stereocenters. The van der Waals surface area contributed by atoms with E-state index in [9.17, 15) is 4.79 Å². The second-order valence-corrected chi connectivity index (χ2v) is 5.60. The van der Waals surface area contributed by atoms with Crippen molar-refractivity contribution in [3.8, 4) is 5.75 Å². The molecule has 3 nitrogen and oxygen atoms in total. The van der Waals surface area contributed by atoms with E-state index in [4.69, 9.17) is 44.6 Å². The van der Waals surface area contributed by atoms with Gasteiger partial charge in [0, 0.05) is 0 Å². The highest BCUT2D eigenvalue weighted by atomic mass is 35.5. The van der Waals surface area contributed by atoms with Crippen LogP contribution in [0.25, 0.3) is 6.08 Å². The summed E-state index contributed by atoms with van der Waals surface area (Å²) in [6, 6.07) is 8.02. The molecule has 0 aliphatic carbocycles. The maximum atomic E-state index is 11.1. The summed E-state index contributed by atoms with van der Waals surface area (Å²) < 4.78 is 5.59. The lowest BCUT2D eigenvalue weighted by atomic mass is 10.1. The van der Waals surface area contributed by atoms with Crippen LogP contribution in [0.5, 0.6) is 5.75 Å². The molecule has 1 N–H and O–H groups in total. The second kappa shape index (κ2) is 7.05. The summed E-state index contributed by atoms with van der Waals surface area (Å²) >= 11 is 17.8. The first-order chi connectivity index (χ1) is 10.4. The Kier molecular flexibility index (Phi) is 5.35. The molecule has 2 rings (SSSR count). The van der Waals surface area contributed by atoms with Crippen LogP contribution in [-0.4, -0.2) is 11.1 Å². The largest absolute Gasteiger partial charge is 0.487 e. The van der Waals surface area contributed by atoms with Crippen molar-refractivity contribution in [3.05, 3.63) is 68.7 Å². The van der Waals surface area contributed by atoms with Crippen LogP contribution >= 0.6 is 34.8 Å². The molecule has 0 aliphatic heterocycles. The Labute approximate surface area is 142 Å². The minimum Gasteiger partial charge on any atom is -0.487 e. The van der Waals surface area contributed by atoms with Crippen LogP contribution in [-0.2, 0) is 6.61 Å². The van der Waals surface area contributed by atoms with Crippen LogP contribution in [0.4, 0.5) is 0 Å². The normalized spacial score (nSPS) is 10.3. The average molecular weight is 358 g/mol. The number of aromatic carboxylic acids is 1. The molecule has 0 atom stereocenters. The summed E-state index contributed by atoms with van der Waals surface area (Å²) in [5, 5.41) is 9.86. The molecule has 0 bridgehead atoms. The van der Waals surface area contributed by atoms with Crippen molar-refractivity contribution in [2.24, 2.45) is 0 Å². The van der Waals surface area contributed by atoms with Gasteiger partial charge in [-0.25, -0.2) is 4.79 Å². The lowest BCUT2D eigenvalue weighted by Gasteiger charge is -2.11. The quantitative estimate of drug-likeness (QED) is 0.712. The number of rotatable bonds is 5. The number of carboxylic acids is 1. The first-order valence-electron chi connectivity index (χ1n) is 6.18. The molecular formula is C16H11Cl3O3. The molecule has 2 aromatic carbocycles. The van der Waals surface area contributed by atoms with Crippen molar-refractivity contribution in [3.63, 3.8) is 0 Å². The van der Waals surface area contributed by atoms with E-state index in [0.29, 0.717) is 21.9 Å². The standard InChI is InChI=1S/C16H11Cl3O3/c1-2-9-5-10(7-11(6-9)16(20)21)8-22-13-4-3-12(17)14(18)15(13)19/h2-7H,1,8H2,(H,20,21). The zero-order valence-corrected chi connectivity index (χ0v) is 13.5. The maximum Gasteiger partial charge on any atom is 0.335 e. The number of hydrogen-bond acceptors (Lipinski definition) is 2. The summed E-state index contributed by atoms with van der Waals surface area (Å²) in [4.78, 5) is 11.1. The van der Waals surface area contributed by atoms with Crippen LogP contribution in [0.15, 0.2) is 36.9 Å². The van der Waals surface area contributed by atoms with Gasteiger partial charge in [0.1, 0.15) is 17.4 Å². The van der Waals surface area contributed by atoms with Crippen LogP contribution in [0.1, 0.15) is 21.5 Å². The molecule has 0 saturated heterocycles. The third kappa shape index (κ3) is 3.74. The Hall–Kier alpha value is -1.68. The molecule has 0 fully saturated rings. The van der Waals surface area contributed by atoms with Gasteiger partial charge >= 0.3 is 5.97 Å². The molecule has 22 heavy (non-hydrogen) atoms. The fourth-order valence-corrected chi connectivity index (χ4v) is 2.41. The van der Waals surface area contributed by atoms with E-state index >= 15 is 0 Å². The van der Waals surface area contributed by atoms with E-state index in [1.54, 1.807) is 24.3 Å². The van der Waals surface area contributed by atoms with Crippen molar-refractivity contribution < 1.29 is 14.6 Å². The summed E-state index contributed by atoms with van der Waals surface area (Å²) in [7, 11) is 0. The zero-order chi connectivity index (χ0) is 16.3. The Morgan fingerprint density at radius 2 is 1.91 bits per heavy atom. The number of benzene rings is 2. The predicted octanol–water partition coefficient (Wildman–Crippen LogP) is 5.57. The number of halogens is 3. The first-order valence-corrected chi connectivity index (χ1v) is 7.31. The van der Waals surface area contributed by atoms with Gasteiger partial charge in [-0.2, -0.15) is 0 Å². The molecule has 0 amide bonds. The van der Waals surface area contributed by atoms with Crippen molar-refractivity contribution in [2.75, 3.05) is 0 Å². The van der Waals surface area contributed by atoms with E-state index < -0.39 is 5.97 Å². The lowest BCUT2D eigenvalue weighted by molar-refractivity contribution is 0.0696. The van der Waals surface area contributed by atoms with Gasteiger partial charge < -0.3 is 9.84 Å². The summed E-state index contributed by atoms with van der Waals surface area (Å²) in [5.74, 6) is -0.644. The van der Waals surface area contributed by atoms with Gasteiger partial charge in [0.15, 0.2) is 0 Å². The second-order valence-electron chi connectivity index (χ2n) is 4.43. The van der Waals surface area contributed by atoms with Crippen molar-refractivity contribution >= 4 is 46.8 Å². The SMILES string of the molecule is C=Cc1cc(COc2ccc(Cl)c(Cl)c2Cl)cc(C(=O)O)c1. The van der Waals surface area contributed by atoms with Crippen LogP contribution in [0, 0.1) is 0 Å². The van der Waals surface area contributed by atoms with Crippen molar-refractivity contribution in [2.45, 2.75) is 6.61 Å². The van der Waals surface area contributed by atoms with Gasteiger partial charge in [-0.15, -0.1) is 0 Å². The number of carboxylic acid groups (broad SMARTS) is 1. The molecule has 6 heteroatoms. The molecule has 0 aromatic heterocycles. The molecule has 2 aromatic rings. The van der Waals surface area contributed by atoms with E-state index in [1.165, 1.54) is 12.1 Å². The molecule has 0 radical (unpaired) electrons. The number of hydrogen-bond donors (Lipinski definition) is 1. The fraction of sp³-hybridized carbons (Fsp3) is 0.0625. The van der Waals surface area contributed by atoms with Crippen LogP contribution < -0.4 is 4.74 Å². The molecule has 0 saturated carbocycles. The third-order valence-corrected chi connectivity index (χ3v) is 4.17. The molecular weight excluding hydrogens is 347 g/mol. The van der Waals surface area contributed by atoms with Gasteiger partial charge in [0.05, 0.1) is 15.6 Å². The fourth-order valence-electron chi connectivity index (χ4n) is 1.82. The van der Waals surface area contributed by atoms with E-state index in [2.05, 4.69) is 6.58 Å². The monoisotopic (exact) mass is 356 g/mol. The lowest BCUT2D eigenvalue weighted by Crippen LogP contribution is -2.02. The predicted molar refractivity (Wildman–Crippen MR) is 89.3 cm³/mol. The Morgan fingerprint density at radius 3 is 2.55 bits per heavy atom. The van der Waals surface area contributed by atoms with Crippen molar-refractivity contribution in [1.82, 2.24) is 0 Å². The summed E-state index contributed by atoms with van der Waals surface area (Å²) in [5.41, 5.74) is 1.53. The van der Waals surface area contributed by atoms with Gasteiger partial charge in [0.2, 0.25) is 0 Å². The highest BCUT2D eigenvalue weighted by molar-refractivity contribution is 6.48. The molecule has 114 valence electrons. The van der Waals surface area contributed by atoms with Crippen molar-refractivity contribution in [1.29, 1.82) is 0 Å². The Morgan fingerprint density at radius 1 is 1.18 bits per heavy atom. The van der Waals surface area contributed by atoms with Crippen LogP contribution in [0.2, 0.25) is 15.1 Å². The smallest absolute Gasteiger partial charge is 0.335 e. The third-order valence-electron chi connectivity index (χ3n) is 2.89. The average Bonchev–Trinajstić information content (AvgIpc) is 2.51. The van der Waals surface area contributed by atoms with Gasteiger partial charge in [-0.05, 0) is 41.5 Å². The number of carbonyl (C=O) groups is 1. The highest BCUT2D eigenvalue weighted by Crippen LogP contribution is 2.37.